The molecule has 11 rings (SSSR count). The molecule has 0 saturated carbocycles. The van der Waals surface area contributed by atoms with Gasteiger partial charge in [-0.3, -0.25) is 0 Å². The van der Waals surface area contributed by atoms with Crippen LogP contribution in [0.4, 0.5) is 0 Å². The number of fused-ring (bicyclic) bond motifs is 8. The second-order valence-corrected chi connectivity index (χ2v) is 15.1. The van der Waals surface area contributed by atoms with Gasteiger partial charge in [0.2, 0.25) is 0 Å². The number of benzene rings is 6. The van der Waals surface area contributed by atoms with Gasteiger partial charge in [0, 0.05) is 11.8 Å². The molecule has 0 aromatic heterocycles. The molecule has 1 spiro atoms. The lowest BCUT2D eigenvalue weighted by Gasteiger charge is -2.49. The quantitative estimate of drug-likeness (QED) is 0.180. The first-order chi connectivity index (χ1) is 22.5. The molecule has 0 heterocycles. The van der Waals surface area contributed by atoms with Crippen molar-refractivity contribution in [3.63, 3.8) is 0 Å². The van der Waals surface area contributed by atoms with E-state index in [1.54, 1.807) is 22.3 Å². The Hall–Kier alpha value is -4.94. The molecule has 0 aliphatic heterocycles. The fourth-order valence-electron chi connectivity index (χ4n) is 10.4. The highest BCUT2D eigenvalue weighted by Gasteiger charge is 2.61. The molecule has 5 aliphatic carbocycles. The van der Waals surface area contributed by atoms with Crippen molar-refractivity contribution in [2.24, 2.45) is 0 Å². The third kappa shape index (κ3) is 2.76. The van der Waals surface area contributed by atoms with Crippen LogP contribution in [-0.2, 0) is 17.3 Å². The second-order valence-electron chi connectivity index (χ2n) is 15.1. The molecule has 0 radical (unpaired) electrons. The summed E-state index contributed by atoms with van der Waals surface area (Å²) in [7, 11) is 0. The minimum Gasteiger partial charge on any atom is -0.0622 e. The van der Waals surface area contributed by atoms with E-state index in [1.807, 2.05) is 0 Å². The Morgan fingerprint density at radius 1 is 0.543 bits per heavy atom. The number of allylic oxidation sites excluding steroid dienone is 1. The Bertz CT molecular complexity index is 2380. The fraction of sp³-hybridized carbons (Fsp3) is 0.174. The molecule has 0 N–H and O–H groups in total. The number of hydrogen-bond donors (Lipinski definition) is 0. The van der Waals surface area contributed by atoms with E-state index >= 15 is 0 Å². The van der Waals surface area contributed by atoms with Crippen molar-refractivity contribution in [1.29, 1.82) is 0 Å². The Labute approximate surface area is 271 Å². The molecule has 218 valence electrons. The highest BCUT2D eigenvalue weighted by atomic mass is 14.6. The van der Waals surface area contributed by atoms with Crippen LogP contribution in [0.2, 0.25) is 0 Å². The molecule has 0 nitrogen and oxygen atoms in total. The molecule has 5 aliphatic rings. The van der Waals surface area contributed by atoms with Gasteiger partial charge in [0.25, 0.3) is 0 Å². The van der Waals surface area contributed by atoms with Gasteiger partial charge in [-0.25, -0.2) is 0 Å². The SMILES string of the molecule is CC(C)(C)c1ccc2c(c1)C1c3ccccc3-c3ccc4c(c31)C21C2=C(c3ccccc3C2c2ccccc2)c2cccc(c21)C4. The van der Waals surface area contributed by atoms with Crippen molar-refractivity contribution in [2.45, 2.75) is 49.9 Å². The predicted molar refractivity (Wildman–Crippen MR) is 188 cm³/mol. The van der Waals surface area contributed by atoms with Crippen LogP contribution in [-0.4, -0.2) is 0 Å². The Balaban J connectivity index is 1.37. The van der Waals surface area contributed by atoms with Crippen LogP contribution in [0.3, 0.4) is 0 Å². The molecule has 0 amide bonds. The normalized spacial score (nSPS) is 21.7. The summed E-state index contributed by atoms with van der Waals surface area (Å²) in [5, 5.41) is 0. The van der Waals surface area contributed by atoms with Gasteiger partial charge in [-0.15, -0.1) is 0 Å². The van der Waals surface area contributed by atoms with Gasteiger partial charge in [-0.2, -0.15) is 0 Å². The van der Waals surface area contributed by atoms with E-state index in [0.717, 1.165) is 6.42 Å². The zero-order chi connectivity index (χ0) is 30.5. The predicted octanol–water partition coefficient (Wildman–Crippen LogP) is 10.7. The van der Waals surface area contributed by atoms with Crippen LogP contribution in [0.1, 0.15) is 105 Å². The summed E-state index contributed by atoms with van der Waals surface area (Å²) in [6.45, 7) is 7.08. The highest BCUT2D eigenvalue weighted by Crippen LogP contribution is 2.72. The molecule has 6 aromatic rings. The van der Waals surface area contributed by atoms with E-state index in [2.05, 4.69) is 148 Å². The fourth-order valence-corrected chi connectivity index (χ4v) is 10.4. The maximum absolute atomic E-state index is 2.60. The summed E-state index contributed by atoms with van der Waals surface area (Å²) in [4.78, 5) is 0. The van der Waals surface area contributed by atoms with Crippen molar-refractivity contribution in [2.75, 3.05) is 0 Å². The largest absolute Gasteiger partial charge is 0.0697 e. The molecule has 0 bridgehead atoms. The number of rotatable bonds is 1. The first kappa shape index (κ1) is 25.3. The molecular formula is C46H34. The first-order valence-corrected chi connectivity index (χ1v) is 16.9. The molecule has 0 saturated heterocycles. The standard InChI is InChI=1S/C46H34/c1-45(2,3)29-21-23-37-36(25-29)39-31-16-8-7-15-30(31)34-22-20-28-24-27-14-11-19-35-40-33-18-10-9-17-32(33)38(26-12-5-4-6-13-26)44(40)46(37,42(27)35)43(28)41(34)39/h4-23,25,38-39H,24H2,1-3H3. The second kappa shape index (κ2) is 8.25. The monoisotopic (exact) mass is 586 g/mol. The lowest BCUT2D eigenvalue weighted by molar-refractivity contribution is 0.582. The molecule has 3 atom stereocenters. The summed E-state index contributed by atoms with van der Waals surface area (Å²) in [5.41, 5.74) is 24.9. The molecule has 3 unspecified atom stereocenters. The van der Waals surface area contributed by atoms with Crippen molar-refractivity contribution < 1.29 is 0 Å². The summed E-state index contributed by atoms with van der Waals surface area (Å²) >= 11 is 0. The van der Waals surface area contributed by atoms with Gasteiger partial charge in [0.1, 0.15) is 0 Å². The molecule has 46 heavy (non-hydrogen) atoms. The summed E-state index contributed by atoms with van der Waals surface area (Å²) in [6.07, 6.45) is 0.990. The van der Waals surface area contributed by atoms with Gasteiger partial charge in [-0.1, -0.05) is 148 Å². The van der Waals surface area contributed by atoms with Gasteiger partial charge in [0.05, 0.1) is 5.41 Å². The van der Waals surface area contributed by atoms with E-state index in [9.17, 15) is 0 Å². The highest BCUT2D eigenvalue weighted by molar-refractivity contribution is 6.02. The van der Waals surface area contributed by atoms with E-state index in [-0.39, 0.29) is 22.7 Å². The van der Waals surface area contributed by atoms with Crippen molar-refractivity contribution >= 4 is 5.57 Å². The summed E-state index contributed by atoms with van der Waals surface area (Å²) < 4.78 is 0. The number of hydrogen-bond acceptors (Lipinski definition) is 0. The van der Waals surface area contributed by atoms with Crippen LogP contribution < -0.4 is 0 Å². The summed E-state index contributed by atoms with van der Waals surface area (Å²) in [6, 6.07) is 49.6. The topological polar surface area (TPSA) is 0 Å². The third-order valence-corrected chi connectivity index (χ3v) is 12.0. The average Bonchev–Trinajstić information content (AvgIpc) is 3.70. The zero-order valence-electron chi connectivity index (χ0n) is 26.5. The van der Waals surface area contributed by atoms with E-state index in [4.69, 9.17) is 0 Å². The average molecular weight is 587 g/mol. The van der Waals surface area contributed by atoms with Crippen LogP contribution in [0.15, 0.2) is 133 Å². The molecular weight excluding hydrogens is 553 g/mol. The maximum Gasteiger partial charge on any atom is 0.0697 e. The van der Waals surface area contributed by atoms with Gasteiger partial charge >= 0.3 is 0 Å². The Morgan fingerprint density at radius 2 is 1.24 bits per heavy atom. The van der Waals surface area contributed by atoms with Crippen LogP contribution >= 0.6 is 0 Å². The summed E-state index contributed by atoms with van der Waals surface area (Å²) in [5.74, 6) is 0.436. The van der Waals surface area contributed by atoms with Crippen LogP contribution in [0.5, 0.6) is 0 Å². The van der Waals surface area contributed by atoms with Gasteiger partial charge < -0.3 is 0 Å². The van der Waals surface area contributed by atoms with E-state index < -0.39 is 0 Å². The third-order valence-electron chi connectivity index (χ3n) is 12.0. The van der Waals surface area contributed by atoms with Crippen molar-refractivity contribution in [3.8, 4) is 11.1 Å². The van der Waals surface area contributed by atoms with Gasteiger partial charge in [0.15, 0.2) is 0 Å². The molecule has 6 aromatic carbocycles. The first-order valence-electron chi connectivity index (χ1n) is 16.9. The molecule has 0 heteroatoms. The van der Waals surface area contributed by atoms with E-state index in [1.165, 1.54) is 72.3 Å². The maximum atomic E-state index is 2.60. The minimum absolute atomic E-state index is 0.0572. The lowest BCUT2D eigenvalue weighted by atomic mass is 9.52. The zero-order valence-corrected chi connectivity index (χ0v) is 26.5. The van der Waals surface area contributed by atoms with Gasteiger partial charge in [-0.05, 0) is 106 Å². The van der Waals surface area contributed by atoms with E-state index in [0.29, 0.717) is 0 Å². The van der Waals surface area contributed by atoms with Crippen molar-refractivity contribution in [1.82, 2.24) is 0 Å². The van der Waals surface area contributed by atoms with Crippen LogP contribution in [0, 0.1) is 0 Å². The Morgan fingerprint density at radius 3 is 2.04 bits per heavy atom. The lowest BCUT2D eigenvalue weighted by Crippen LogP contribution is -2.42. The smallest absolute Gasteiger partial charge is 0.0622 e. The minimum atomic E-state index is -0.343. The molecule has 0 fully saturated rings. The van der Waals surface area contributed by atoms with Crippen LogP contribution in [0.25, 0.3) is 16.7 Å². The Kier molecular flexibility index (Phi) is 4.53. The van der Waals surface area contributed by atoms with Crippen molar-refractivity contribution in [3.05, 3.63) is 205 Å².